The maximum absolute atomic E-state index is 13.3. The van der Waals surface area contributed by atoms with E-state index < -0.39 is 0 Å². The zero-order chi connectivity index (χ0) is 17.2. The summed E-state index contributed by atoms with van der Waals surface area (Å²) in [6.07, 6.45) is 6.12. The highest BCUT2D eigenvalue weighted by Crippen LogP contribution is 2.36. The van der Waals surface area contributed by atoms with E-state index in [0.717, 1.165) is 54.3 Å². The van der Waals surface area contributed by atoms with Gasteiger partial charge in [-0.05, 0) is 62.7 Å². The fraction of sp³-hybridized carbons (Fsp3) is 0.300. The molecule has 0 radical (unpaired) electrons. The summed E-state index contributed by atoms with van der Waals surface area (Å²) in [5.41, 5.74) is 4.08. The molecule has 3 heterocycles. The quantitative estimate of drug-likeness (QED) is 0.786. The predicted molar refractivity (Wildman–Crippen MR) is 96.7 cm³/mol. The molecule has 5 heteroatoms. The minimum atomic E-state index is -0.221. The lowest BCUT2D eigenvalue weighted by Crippen LogP contribution is -2.29. The molecule has 1 fully saturated rings. The molecule has 0 unspecified atom stereocenters. The molecule has 4 rings (SSSR count). The van der Waals surface area contributed by atoms with Gasteiger partial charge in [0.05, 0.1) is 11.4 Å². The number of piperidine rings is 1. The van der Waals surface area contributed by atoms with Crippen molar-refractivity contribution in [2.24, 2.45) is 0 Å². The van der Waals surface area contributed by atoms with Gasteiger partial charge in [0.2, 0.25) is 0 Å². The van der Waals surface area contributed by atoms with Crippen LogP contribution in [0.5, 0.6) is 0 Å². The van der Waals surface area contributed by atoms with Gasteiger partial charge in [-0.2, -0.15) is 0 Å². The molecule has 25 heavy (non-hydrogen) atoms. The SMILES string of the molecule is Cc1nccc(-c2c(-c3ccc(F)cc3)ccn2C2CCNCC2)n1. The highest BCUT2D eigenvalue weighted by molar-refractivity contribution is 5.80. The van der Waals surface area contributed by atoms with E-state index in [9.17, 15) is 4.39 Å². The zero-order valence-electron chi connectivity index (χ0n) is 14.2. The molecule has 3 aromatic rings. The van der Waals surface area contributed by atoms with Gasteiger partial charge in [0.25, 0.3) is 0 Å². The average Bonchev–Trinajstić information content (AvgIpc) is 3.08. The summed E-state index contributed by atoms with van der Waals surface area (Å²) in [5.74, 6) is 0.529. The lowest BCUT2D eigenvalue weighted by Gasteiger charge is -2.26. The van der Waals surface area contributed by atoms with Gasteiger partial charge in [-0.3, -0.25) is 0 Å². The molecule has 0 aliphatic carbocycles. The maximum atomic E-state index is 13.3. The summed E-state index contributed by atoms with van der Waals surface area (Å²) >= 11 is 0. The van der Waals surface area contributed by atoms with Crippen molar-refractivity contribution in [1.82, 2.24) is 19.9 Å². The third-order valence-electron chi connectivity index (χ3n) is 4.79. The van der Waals surface area contributed by atoms with E-state index in [-0.39, 0.29) is 5.82 Å². The number of aryl methyl sites for hydroxylation is 1. The zero-order valence-corrected chi connectivity index (χ0v) is 14.2. The van der Waals surface area contributed by atoms with Crippen LogP contribution in [0.1, 0.15) is 24.7 Å². The van der Waals surface area contributed by atoms with E-state index >= 15 is 0 Å². The van der Waals surface area contributed by atoms with Gasteiger partial charge in [-0.25, -0.2) is 14.4 Å². The van der Waals surface area contributed by atoms with Gasteiger partial charge < -0.3 is 9.88 Å². The number of hydrogen-bond donors (Lipinski definition) is 1. The van der Waals surface area contributed by atoms with Crippen LogP contribution >= 0.6 is 0 Å². The normalized spacial score (nSPS) is 15.4. The summed E-state index contributed by atoms with van der Waals surface area (Å²) < 4.78 is 15.7. The number of hydrogen-bond acceptors (Lipinski definition) is 3. The maximum Gasteiger partial charge on any atom is 0.125 e. The second kappa shape index (κ2) is 6.76. The molecule has 1 aliphatic heterocycles. The van der Waals surface area contributed by atoms with E-state index in [1.807, 2.05) is 25.1 Å². The number of halogens is 1. The molecule has 0 atom stereocenters. The number of nitrogens with zero attached hydrogens (tertiary/aromatic N) is 3. The Hall–Kier alpha value is -2.53. The number of benzene rings is 1. The molecule has 0 amide bonds. The van der Waals surface area contributed by atoms with E-state index in [4.69, 9.17) is 0 Å². The summed E-state index contributed by atoms with van der Waals surface area (Å²) in [5, 5.41) is 3.42. The molecule has 128 valence electrons. The van der Waals surface area contributed by atoms with Crippen LogP contribution in [0.15, 0.2) is 48.8 Å². The molecule has 0 saturated carbocycles. The molecule has 0 spiro atoms. The third-order valence-corrected chi connectivity index (χ3v) is 4.79. The average molecular weight is 336 g/mol. The van der Waals surface area contributed by atoms with Gasteiger partial charge >= 0.3 is 0 Å². The van der Waals surface area contributed by atoms with Gasteiger partial charge in [-0.15, -0.1) is 0 Å². The van der Waals surface area contributed by atoms with E-state index in [1.54, 1.807) is 6.20 Å². The molecular formula is C20H21FN4. The van der Waals surface area contributed by atoms with Crippen LogP contribution in [0.25, 0.3) is 22.5 Å². The first kappa shape index (κ1) is 16.0. The van der Waals surface area contributed by atoms with Crippen molar-refractivity contribution in [3.05, 3.63) is 60.4 Å². The molecule has 2 aromatic heterocycles. The van der Waals surface area contributed by atoms with Gasteiger partial charge in [-0.1, -0.05) is 12.1 Å². The minimum absolute atomic E-state index is 0.221. The Morgan fingerprint density at radius 2 is 1.84 bits per heavy atom. The fourth-order valence-electron chi connectivity index (χ4n) is 3.56. The number of rotatable bonds is 3. The van der Waals surface area contributed by atoms with Crippen LogP contribution < -0.4 is 5.32 Å². The van der Waals surface area contributed by atoms with Crippen molar-refractivity contribution in [3.63, 3.8) is 0 Å². The molecule has 0 bridgehead atoms. The second-order valence-corrected chi connectivity index (χ2v) is 6.46. The Morgan fingerprint density at radius 1 is 1.08 bits per heavy atom. The largest absolute Gasteiger partial charge is 0.343 e. The van der Waals surface area contributed by atoms with Gasteiger partial charge in [0, 0.05) is 24.0 Å². The smallest absolute Gasteiger partial charge is 0.125 e. The van der Waals surface area contributed by atoms with Crippen molar-refractivity contribution in [2.75, 3.05) is 13.1 Å². The van der Waals surface area contributed by atoms with E-state index in [1.165, 1.54) is 12.1 Å². The summed E-state index contributed by atoms with van der Waals surface area (Å²) in [6, 6.07) is 11.2. The van der Waals surface area contributed by atoms with E-state index in [0.29, 0.717) is 6.04 Å². The van der Waals surface area contributed by atoms with Crippen molar-refractivity contribution >= 4 is 0 Å². The Kier molecular flexibility index (Phi) is 4.32. The van der Waals surface area contributed by atoms with Crippen LogP contribution in [0.2, 0.25) is 0 Å². The van der Waals surface area contributed by atoms with E-state index in [2.05, 4.69) is 32.1 Å². The Balaban J connectivity index is 1.86. The first-order valence-electron chi connectivity index (χ1n) is 8.70. The molecule has 1 N–H and O–H groups in total. The monoisotopic (exact) mass is 336 g/mol. The Labute approximate surface area is 146 Å². The molecule has 1 saturated heterocycles. The van der Waals surface area contributed by atoms with Crippen molar-refractivity contribution in [1.29, 1.82) is 0 Å². The van der Waals surface area contributed by atoms with Crippen LogP contribution in [-0.4, -0.2) is 27.6 Å². The second-order valence-electron chi connectivity index (χ2n) is 6.46. The molecule has 4 nitrogen and oxygen atoms in total. The molecule has 1 aromatic carbocycles. The van der Waals surface area contributed by atoms with Crippen molar-refractivity contribution in [3.8, 4) is 22.5 Å². The van der Waals surface area contributed by atoms with Crippen LogP contribution in [0.3, 0.4) is 0 Å². The lowest BCUT2D eigenvalue weighted by molar-refractivity contribution is 0.371. The van der Waals surface area contributed by atoms with Gasteiger partial charge in [0.1, 0.15) is 11.6 Å². The number of nitrogens with one attached hydrogen (secondary N) is 1. The van der Waals surface area contributed by atoms with Crippen molar-refractivity contribution in [2.45, 2.75) is 25.8 Å². The van der Waals surface area contributed by atoms with Gasteiger partial charge in [0.15, 0.2) is 0 Å². The van der Waals surface area contributed by atoms with Crippen molar-refractivity contribution < 1.29 is 4.39 Å². The minimum Gasteiger partial charge on any atom is -0.343 e. The summed E-state index contributed by atoms with van der Waals surface area (Å²) in [4.78, 5) is 8.88. The standard InChI is InChI=1S/C20H21FN4/c1-14-23-12-8-19(24-14)20-18(15-2-4-16(21)5-3-15)9-13-25(20)17-6-10-22-11-7-17/h2-5,8-9,12-13,17,22H,6-7,10-11H2,1H3. The summed E-state index contributed by atoms with van der Waals surface area (Å²) in [6.45, 7) is 3.95. The lowest BCUT2D eigenvalue weighted by atomic mass is 10.0. The predicted octanol–water partition coefficient (Wildman–Crippen LogP) is 3.98. The van der Waals surface area contributed by atoms with Crippen LogP contribution in [-0.2, 0) is 0 Å². The first-order valence-corrected chi connectivity index (χ1v) is 8.70. The van der Waals surface area contributed by atoms with Crippen LogP contribution in [0.4, 0.5) is 4.39 Å². The summed E-state index contributed by atoms with van der Waals surface area (Å²) in [7, 11) is 0. The highest BCUT2D eigenvalue weighted by atomic mass is 19.1. The Morgan fingerprint density at radius 3 is 2.56 bits per heavy atom. The van der Waals surface area contributed by atoms with Crippen LogP contribution in [0, 0.1) is 12.7 Å². The number of aromatic nitrogens is 3. The third kappa shape index (κ3) is 3.20. The first-order chi connectivity index (χ1) is 12.2. The fourth-order valence-corrected chi connectivity index (χ4v) is 3.56. The molecular weight excluding hydrogens is 315 g/mol. The Bertz CT molecular complexity index is 864. The molecule has 1 aliphatic rings. The highest BCUT2D eigenvalue weighted by Gasteiger charge is 2.22. The topological polar surface area (TPSA) is 42.7 Å².